The first-order valence-corrected chi connectivity index (χ1v) is 8.68. The minimum Gasteiger partial charge on any atom is -0.318 e. The average Bonchev–Trinajstić information content (AvgIpc) is 2.73. The zero-order valence-electron chi connectivity index (χ0n) is 12.1. The van der Waals surface area contributed by atoms with Crippen LogP contribution in [0.3, 0.4) is 0 Å². The van der Waals surface area contributed by atoms with Gasteiger partial charge in [-0.25, -0.2) is 0 Å². The van der Waals surface area contributed by atoms with Crippen LogP contribution in [0.25, 0.3) is 0 Å². The van der Waals surface area contributed by atoms with E-state index in [9.17, 15) is 4.79 Å². The van der Waals surface area contributed by atoms with E-state index in [-0.39, 0.29) is 24.2 Å². The molecule has 110 valence electrons. The number of carbonyl (C=O) groups excluding carboxylic acids is 1. The van der Waals surface area contributed by atoms with Crippen molar-refractivity contribution in [3.05, 3.63) is 34.9 Å². The highest BCUT2D eigenvalue weighted by Crippen LogP contribution is 2.30. The molecule has 20 heavy (non-hydrogen) atoms. The molecule has 1 fully saturated rings. The first-order chi connectivity index (χ1) is 9.58. The van der Waals surface area contributed by atoms with E-state index in [0.717, 1.165) is 17.7 Å². The third kappa shape index (κ3) is 3.13. The monoisotopic (exact) mass is 312 g/mol. The van der Waals surface area contributed by atoms with Gasteiger partial charge in [-0.1, -0.05) is 30.7 Å². The second-order valence-electron chi connectivity index (χ2n) is 5.11. The van der Waals surface area contributed by atoms with Crippen LogP contribution in [-0.2, 0) is 4.79 Å². The smallest absolute Gasteiger partial charge is 0.241 e. The second-order valence-corrected chi connectivity index (χ2v) is 6.45. The summed E-state index contributed by atoms with van der Waals surface area (Å²) in [5.41, 5.74) is 1.09. The van der Waals surface area contributed by atoms with Gasteiger partial charge in [0, 0.05) is 16.8 Å². The molecule has 1 aromatic rings. The van der Waals surface area contributed by atoms with Crippen molar-refractivity contribution in [2.45, 2.75) is 38.5 Å². The fourth-order valence-electron chi connectivity index (χ4n) is 2.62. The first-order valence-electron chi connectivity index (χ1n) is 6.91. The molecule has 1 aliphatic rings. The lowest BCUT2D eigenvalue weighted by molar-refractivity contribution is -0.131. The van der Waals surface area contributed by atoms with Gasteiger partial charge in [-0.3, -0.25) is 10.1 Å². The Bertz CT molecular complexity index is 465. The number of halogens is 1. The van der Waals surface area contributed by atoms with Crippen LogP contribution in [-0.4, -0.2) is 34.9 Å². The van der Waals surface area contributed by atoms with Gasteiger partial charge in [-0.05, 0) is 37.3 Å². The molecule has 0 radical (unpaired) electrons. The van der Waals surface area contributed by atoms with Crippen LogP contribution < -0.4 is 5.32 Å². The molecular formula is C15H21ClN2OS. The van der Waals surface area contributed by atoms with Crippen LogP contribution in [0.15, 0.2) is 24.3 Å². The van der Waals surface area contributed by atoms with Crippen molar-refractivity contribution in [2.75, 3.05) is 12.0 Å². The summed E-state index contributed by atoms with van der Waals surface area (Å²) in [6, 6.07) is 7.86. The Labute approximate surface area is 130 Å². The van der Waals surface area contributed by atoms with Crippen molar-refractivity contribution in [2.24, 2.45) is 0 Å². The van der Waals surface area contributed by atoms with Gasteiger partial charge < -0.3 is 4.90 Å². The molecule has 1 saturated heterocycles. The zero-order valence-corrected chi connectivity index (χ0v) is 13.7. The molecule has 1 heterocycles. The number of benzene rings is 1. The van der Waals surface area contributed by atoms with Crippen molar-refractivity contribution in [3.8, 4) is 0 Å². The van der Waals surface area contributed by atoms with Gasteiger partial charge in [0.25, 0.3) is 0 Å². The number of hydrogen-bond acceptors (Lipinski definition) is 3. The van der Waals surface area contributed by atoms with Crippen LogP contribution in [0.5, 0.6) is 0 Å². The van der Waals surface area contributed by atoms with E-state index >= 15 is 0 Å². The number of hydrogen-bond donors (Lipinski definition) is 1. The van der Waals surface area contributed by atoms with Crippen molar-refractivity contribution in [3.63, 3.8) is 0 Å². The molecule has 1 amide bonds. The quantitative estimate of drug-likeness (QED) is 0.905. The topological polar surface area (TPSA) is 32.3 Å². The Morgan fingerprint density at radius 1 is 1.40 bits per heavy atom. The van der Waals surface area contributed by atoms with Gasteiger partial charge in [-0.15, -0.1) is 0 Å². The number of carbonyl (C=O) groups is 1. The van der Waals surface area contributed by atoms with Gasteiger partial charge >= 0.3 is 0 Å². The Balaban J connectivity index is 2.29. The molecule has 5 heteroatoms. The van der Waals surface area contributed by atoms with Crippen LogP contribution in [0.2, 0.25) is 5.02 Å². The van der Waals surface area contributed by atoms with Gasteiger partial charge in [0.05, 0.1) is 6.04 Å². The van der Waals surface area contributed by atoms with Crippen LogP contribution in [0.4, 0.5) is 0 Å². The van der Waals surface area contributed by atoms with Crippen LogP contribution in [0, 0.1) is 0 Å². The summed E-state index contributed by atoms with van der Waals surface area (Å²) in [5, 5.41) is 4.10. The fraction of sp³-hybridized carbons (Fsp3) is 0.533. The number of nitrogens with one attached hydrogen (secondary N) is 1. The minimum absolute atomic E-state index is 0.0492. The lowest BCUT2D eigenvalue weighted by atomic mass is 10.1. The first kappa shape index (κ1) is 15.7. The van der Waals surface area contributed by atoms with E-state index in [1.54, 1.807) is 11.8 Å². The van der Waals surface area contributed by atoms with Crippen LogP contribution in [0.1, 0.15) is 32.0 Å². The van der Waals surface area contributed by atoms with E-state index in [0.29, 0.717) is 5.02 Å². The maximum absolute atomic E-state index is 12.5. The summed E-state index contributed by atoms with van der Waals surface area (Å²) in [5.74, 6) is 1.15. The highest BCUT2D eigenvalue weighted by molar-refractivity contribution is 7.98. The number of thioether (sulfide) groups is 1. The fourth-order valence-corrected chi connectivity index (χ4v) is 3.53. The normalized spacial score (nSPS) is 24.2. The molecule has 1 aliphatic heterocycles. The number of amides is 1. The standard InChI is InChI=1S/C15H21ClN2OS/c1-4-13(9-20-3)18-14(17-10(2)15(18)19)11-5-7-12(16)8-6-11/h5-8,10,13-14,17H,4,9H2,1-3H3. The van der Waals surface area contributed by atoms with Gasteiger partial charge in [0.15, 0.2) is 0 Å². The molecule has 0 saturated carbocycles. The predicted octanol–water partition coefficient (Wildman–Crippen LogP) is 3.30. The molecule has 1 N–H and O–H groups in total. The van der Waals surface area contributed by atoms with E-state index < -0.39 is 0 Å². The molecule has 0 spiro atoms. The van der Waals surface area contributed by atoms with E-state index in [1.165, 1.54) is 0 Å². The van der Waals surface area contributed by atoms with Crippen molar-refractivity contribution >= 4 is 29.3 Å². The third-order valence-electron chi connectivity index (χ3n) is 3.72. The van der Waals surface area contributed by atoms with Gasteiger partial charge in [0.2, 0.25) is 5.91 Å². The Kier molecular flexibility index (Phi) is 5.35. The lowest BCUT2D eigenvalue weighted by Gasteiger charge is -2.32. The highest BCUT2D eigenvalue weighted by Gasteiger charge is 2.40. The van der Waals surface area contributed by atoms with Gasteiger partial charge in [0.1, 0.15) is 6.17 Å². The minimum atomic E-state index is -0.133. The molecule has 0 aliphatic carbocycles. The predicted molar refractivity (Wildman–Crippen MR) is 86.1 cm³/mol. The Hall–Kier alpha value is -0.710. The van der Waals surface area contributed by atoms with Gasteiger partial charge in [-0.2, -0.15) is 11.8 Å². The van der Waals surface area contributed by atoms with Crippen molar-refractivity contribution in [1.29, 1.82) is 0 Å². The largest absolute Gasteiger partial charge is 0.318 e. The molecule has 2 rings (SSSR count). The van der Waals surface area contributed by atoms with Crippen molar-refractivity contribution < 1.29 is 4.79 Å². The molecule has 3 nitrogen and oxygen atoms in total. The average molecular weight is 313 g/mol. The number of nitrogens with zero attached hydrogens (tertiary/aromatic N) is 1. The maximum atomic E-state index is 12.5. The van der Waals surface area contributed by atoms with E-state index in [1.807, 2.05) is 36.1 Å². The summed E-state index contributed by atoms with van der Waals surface area (Å²) in [6.07, 6.45) is 2.99. The Morgan fingerprint density at radius 2 is 2.05 bits per heavy atom. The van der Waals surface area contributed by atoms with E-state index in [4.69, 9.17) is 11.6 Å². The lowest BCUT2D eigenvalue weighted by Crippen LogP contribution is -2.41. The zero-order chi connectivity index (χ0) is 14.7. The summed E-state index contributed by atoms with van der Waals surface area (Å²) < 4.78 is 0. The van der Waals surface area contributed by atoms with E-state index in [2.05, 4.69) is 18.5 Å². The van der Waals surface area contributed by atoms with Crippen molar-refractivity contribution in [1.82, 2.24) is 10.2 Å². The molecular weight excluding hydrogens is 292 g/mol. The summed E-state index contributed by atoms with van der Waals surface area (Å²) in [7, 11) is 0. The molecule has 3 atom stereocenters. The summed E-state index contributed by atoms with van der Waals surface area (Å²) >= 11 is 7.73. The second kappa shape index (κ2) is 6.83. The molecule has 1 aromatic carbocycles. The summed E-state index contributed by atoms with van der Waals surface area (Å²) in [4.78, 5) is 14.5. The molecule has 0 bridgehead atoms. The summed E-state index contributed by atoms with van der Waals surface area (Å²) in [6.45, 7) is 4.06. The SMILES string of the molecule is CCC(CSC)N1C(=O)C(C)NC1c1ccc(Cl)cc1. The number of rotatable bonds is 5. The Morgan fingerprint density at radius 3 is 2.60 bits per heavy atom. The molecule has 0 aromatic heterocycles. The maximum Gasteiger partial charge on any atom is 0.241 e. The van der Waals surface area contributed by atoms with Crippen LogP contribution >= 0.6 is 23.4 Å². The molecule has 3 unspecified atom stereocenters. The third-order valence-corrected chi connectivity index (χ3v) is 4.69. The highest BCUT2D eigenvalue weighted by atomic mass is 35.5.